The van der Waals surface area contributed by atoms with Crippen molar-refractivity contribution in [2.45, 2.75) is 43.0 Å². The Morgan fingerprint density at radius 2 is 1.93 bits per heavy atom. The Hall–Kier alpha value is -1.93. The summed E-state index contributed by atoms with van der Waals surface area (Å²) in [7, 11) is -3.60. The van der Waals surface area contributed by atoms with Gasteiger partial charge >= 0.3 is 0 Å². The van der Waals surface area contributed by atoms with Crippen LogP contribution in [0.5, 0.6) is 0 Å². The van der Waals surface area contributed by atoms with Crippen LogP contribution in [0.15, 0.2) is 33.6 Å². The zero-order valence-corrected chi connectivity index (χ0v) is 16.1. The molecule has 1 aliphatic carbocycles. The average molecular weight is 391 g/mol. The van der Waals surface area contributed by atoms with E-state index in [2.05, 4.69) is 9.71 Å². The predicted molar refractivity (Wildman–Crippen MR) is 103 cm³/mol. The van der Waals surface area contributed by atoms with Gasteiger partial charge in [0.05, 0.1) is 0 Å². The molecule has 8 heteroatoms. The fourth-order valence-corrected chi connectivity index (χ4v) is 5.71. The summed E-state index contributed by atoms with van der Waals surface area (Å²) in [6.45, 7) is 1.88. The Kier molecular flexibility index (Phi) is 4.94. The van der Waals surface area contributed by atoms with Crippen LogP contribution in [-0.4, -0.2) is 50.7 Å². The molecule has 3 N–H and O–H groups in total. The third-order valence-electron chi connectivity index (χ3n) is 6.07. The monoisotopic (exact) mass is 390 g/mol. The number of hydrogen-bond donors (Lipinski definition) is 2. The smallest absolute Gasteiger partial charge is 0.285 e. The maximum Gasteiger partial charge on any atom is 0.285 e. The molecule has 7 nitrogen and oxygen atoms in total. The van der Waals surface area contributed by atoms with Crippen molar-refractivity contribution in [2.24, 2.45) is 22.0 Å². The van der Waals surface area contributed by atoms with Gasteiger partial charge < -0.3 is 16.0 Å². The van der Waals surface area contributed by atoms with E-state index in [1.54, 1.807) is 18.2 Å². The van der Waals surface area contributed by atoms with Crippen LogP contribution in [0, 0.1) is 11.8 Å². The van der Waals surface area contributed by atoms with Gasteiger partial charge in [-0.25, -0.2) is 0 Å². The lowest BCUT2D eigenvalue weighted by molar-refractivity contribution is -0.127. The zero-order chi connectivity index (χ0) is 19.0. The second-order valence-electron chi connectivity index (χ2n) is 7.69. The number of sulfonamides is 1. The van der Waals surface area contributed by atoms with E-state index in [4.69, 9.17) is 5.73 Å². The molecule has 2 atom stereocenters. The van der Waals surface area contributed by atoms with E-state index in [1.165, 1.54) is 0 Å². The number of rotatable bonds is 3. The normalized spacial score (nSPS) is 27.3. The van der Waals surface area contributed by atoms with Crippen LogP contribution in [0.2, 0.25) is 0 Å². The van der Waals surface area contributed by atoms with Gasteiger partial charge in [0, 0.05) is 30.6 Å². The van der Waals surface area contributed by atoms with E-state index in [0.29, 0.717) is 49.8 Å². The highest BCUT2D eigenvalue weighted by Crippen LogP contribution is 2.30. The van der Waals surface area contributed by atoms with Crippen molar-refractivity contribution in [3.8, 4) is 0 Å². The van der Waals surface area contributed by atoms with Crippen LogP contribution in [0.4, 0.5) is 0 Å². The topological polar surface area (TPSA) is 105 Å². The van der Waals surface area contributed by atoms with Gasteiger partial charge in [-0.3, -0.25) is 4.79 Å². The molecule has 1 amide bonds. The largest absolute Gasteiger partial charge is 0.355 e. The SMILES string of the molecule is NCC1CCCC1NC(=O)C1CCN(C2=NS(=O)(=O)c3ccccc32)CC1. The summed E-state index contributed by atoms with van der Waals surface area (Å²) in [4.78, 5) is 14.9. The fraction of sp³-hybridized carbons (Fsp3) is 0.579. The van der Waals surface area contributed by atoms with Crippen molar-refractivity contribution in [2.75, 3.05) is 19.6 Å². The highest BCUT2D eigenvalue weighted by molar-refractivity contribution is 7.90. The summed E-state index contributed by atoms with van der Waals surface area (Å²) in [5.41, 5.74) is 6.47. The number of carbonyl (C=O) groups excluding carboxylic acids is 1. The summed E-state index contributed by atoms with van der Waals surface area (Å²) in [6, 6.07) is 7.13. The van der Waals surface area contributed by atoms with E-state index >= 15 is 0 Å². The summed E-state index contributed by atoms with van der Waals surface area (Å²) in [5.74, 6) is 0.988. The van der Waals surface area contributed by atoms with E-state index in [0.717, 1.165) is 19.3 Å². The second kappa shape index (κ2) is 7.24. The zero-order valence-electron chi connectivity index (χ0n) is 15.3. The van der Waals surface area contributed by atoms with E-state index in [1.807, 2.05) is 11.0 Å². The average Bonchev–Trinajstić information content (AvgIpc) is 3.24. The van der Waals surface area contributed by atoms with Crippen molar-refractivity contribution in [1.29, 1.82) is 0 Å². The summed E-state index contributed by atoms with van der Waals surface area (Å²) in [5, 5.41) is 3.20. The lowest BCUT2D eigenvalue weighted by atomic mass is 9.94. The van der Waals surface area contributed by atoms with Crippen molar-refractivity contribution in [1.82, 2.24) is 10.2 Å². The Labute approximate surface area is 160 Å². The minimum absolute atomic E-state index is 0.0332. The highest BCUT2D eigenvalue weighted by Gasteiger charge is 2.35. The minimum Gasteiger partial charge on any atom is -0.355 e. The molecule has 1 aromatic carbocycles. The van der Waals surface area contributed by atoms with Crippen LogP contribution in [-0.2, 0) is 14.8 Å². The first kappa shape index (κ1) is 18.4. The lowest BCUT2D eigenvalue weighted by Crippen LogP contribution is -2.47. The second-order valence-corrected chi connectivity index (χ2v) is 9.26. The van der Waals surface area contributed by atoms with Crippen molar-refractivity contribution in [3.63, 3.8) is 0 Å². The standard InChI is InChI=1S/C19H26N4O3S/c20-12-14-4-3-6-16(14)21-19(24)13-8-10-23(11-9-13)18-15-5-1-2-7-17(15)27(25,26)22-18/h1-2,5,7,13-14,16H,3-4,6,8-12,20H2,(H,21,24). The Bertz CT molecular complexity index is 859. The van der Waals surface area contributed by atoms with E-state index in [9.17, 15) is 13.2 Å². The summed E-state index contributed by atoms with van der Waals surface area (Å²) < 4.78 is 28.5. The molecule has 1 aromatic rings. The minimum atomic E-state index is -3.60. The van der Waals surface area contributed by atoms with Gasteiger partial charge in [-0.15, -0.1) is 4.40 Å². The van der Waals surface area contributed by atoms with Crippen molar-refractivity contribution < 1.29 is 13.2 Å². The molecule has 2 unspecified atom stereocenters. The number of nitrogens with one attached hydrogen (secondary N) is 1. The molecule has 1 saturated heterocycles. The number of amides is 1. The highest BCUT2D eigenvalue weighted by atomic mass is 32.2. The maximum absolute atomic E-state index is 12.6. The summed E-state index contributed by atoms with van der Waals surface area (Å²) >= 11 is 0. The van der Waals surface area contributed by atoms with Gasteiger partial charge in [0.1, 0.15) is 4.90 Å². The molecule has 2 heterocycles. The number of carbonyl (C=O) groups is 1. The third kappa shape index (κ3) is 3.48. The number of hydrogen-bond acceptors (Lipinski definition) is 5. The van der Waals surface area contributed by atoms with Crippen LogP contribution >= 0.6 is 0 Å². The number of nitrogens with two attached hydrogens (primary N) is 1. The van der Waals surface area contributed by atoms with Crippen LogP contribution in [0.25, 0.3) is 0 Å². The lowest BCUT2D eigenvalue weighted by Gasteiger charge is -2.33. The molecule has 0 spiro atoms. The van der Waals surface area contributed by atoms with Gasteiger partial charge in [0.15, 0.2) is 5.84 Å². The predicted octanol–water partition coefficient (Wildman–Crippen LogP) is 1.09. The first-order valence-corrected chi connectivity index (χ1v) is 11.1. The molecule has 2 fully saturated rings. The van der Waals surface area contributed by atoms with Crippen molar-refractivity contribution in [3.05, 3.63) is 29.8 Å². The van der Waals surface area contributed by atoms with E-state index in [-0.39, 0.29) is 22.8 Å². The molecule has 3 aliphatic rings. The molecular weight excluding hydrogens is 364 g/mol. The quantitative estimate of drug-likeness (QED) is 0.804. The third-order valence-corrected chi connectivity index (χ3v) is 7.39. The van der Waals surface area contributed by atoms with Gasteiger partial charge in [0.2, 0.25) is 5.91 Å². The number of nitrogens with zero attached hydrogens (tertiary/aromatic N) is 2. The number of benzene rings is 1. The first-order valence-electron chi connectivity index (χ1n) is 9.69. The van der Waals surface area contributed by atoms with Gasteiger partial charge in [-0.05, 0) is 50.3 Å². The van der Waals surface area contributed by atoms with Gasteiger partial charge in [-0.1, -0.05) is 18.6 Å². The number of amidine groups is 1. The molecule has 27 heavy (non-hydrogen) atoms. The Morgan fingerprint density at radius 1 is 1.19 bits per heavy atom. The van der Waals surface area contributed by atoms with Crippen LogP contribution < -0.4 is 11.1 Å². The van der Waals surface area contributed by atoms with Gasteiger partial charge in [-0.2, -0.15) is 8.42 Å². The van der Waals surface area contributed by atoms with Crippen LogP contribution in [0.1, 0.15) is 37.7 Å². The van der Waals surface area contributed by atoms with Crippen molar-refractivity contribution >= 4 is 21.8 Å². The summed E-state index contributed by atoms with van der Waals surface area (Å²) in [6.07, 6.45) is 4.63. The maximum atomic E-state index is 12.6. The number of piperidine rings is 1. The number of fused-ring (bicyclic) bond motifs is 1. The fourth-order valence-electron chi connectivity index (χ4n) is 4.48. The molecule has 0 bridgehead atoms. The molecule has 1 saturated carbocycles. The first-order chi connectivity index (χ1) is 13.0. The molecule has 2 aliphatic heterocycles. The van der Waals surface area contributed by atoms with E-state index < -0.39 is 10.0 Å². The Balaban J connectivity index is 1.39. The Morgan fingerprint density at radius 3 is 2.67 bits per heavy atom. The molecule has 146 valence electrons. The van der Waals surface area contributed by atoms with Gasteiger partial charge in [0.25, 0.3) is 10.0 Å². The molecule has 0 radical (unpaired) electrons. The molecule has 4 rings (SSSR count). The molecule has 0 aromatic heterocycles. The number of likely N-dealkylation sites (tertiary alicyclic amines) is 1. The molecular formula is C19H26N4O3S. The van der Waals surface area contributed by atoms with Crippen LogP contribution in [0.3, 0.4) is 0 Å².